The van der Waals surface area contributed by atoms with Crippen molar-refractivity contribution in [2.75, 3.05) is 11.9 Å². The summed E-state index contributed by atoms with van der Waals surface area (Å²) in [6, 6.07) is 0. The van der Waals surface area contributed by atoms with Gasteiger partial charge in [0.25, 0.3) is 0 Å². The molecule has 0 amide bonds. The molecule has 0 aromatic carbocycles. The number of nitrogens with two attached hydrogens (primary N) is 1. The Bertz CT molecular complexity index is 550. The fourth-order valence-electron chi connectivity index (χ4n) is 2.36. The van der Waals surface area contributed by atoms with E-state index in [1.54, 1.807) is 4.57 Å². The van der Waals surface area contributed by atoms with Crippen LogP contribution in [-0.2, 0) is 4.74 Å². The molecule has 6 N–H and O–H groups in total. The predicted molar refractivity (Wildman–Crippen MR) is 69.7 cm³/mol. The summed E-state index contributed by atoms with van der Waals surface area (Å²) < 4.78 is 7.49. The van der Waals surface area contributed by atoms with Gasteiger partial charge in [-0.25, -0.2) is 0 Å². The molecule has 5 atom stereocenters. The molecule has 0 aliphatic carbocycles. The number of aliphatic hydroxyl groups is 3. The molecule has 2 aliphatic rings. The van der Waals surface area contributed by atoms with E-state index in [9.17, 15) is 10.2 Å². The van der Waals surface area contributed by atoms with Crippen molar-refractivity contribution >= 4 is 32.9 Å². The third-order valence-corrected chi connectivity index (χ3v) is 4.00. The summed E-state index contributed by atoms with van der Waals surface area (Å²) in [5, 5.41) is 31.9. The number of nitrogens with zero attached hydrogens (tertiary/aromatic N) is 3. The van der Waals surface area contributed by atoms with Crippen molar-refractivity contribution in [2.24, 2.45) is 10.7 Å². The monoisotopic (exact) mass is 348 g/mol. The van der Waals surface area contributed by atoms with E-state index in [0.717, 1.165) is 0 Å². The van der Waals surface area contributed by atoms with Crippen molar-refractivity contribution in [3.05, 3.63) is 5.69 Å². The molecule has 1 radical (unpaired) electrons. The number of fused-ring (bicyclic) bond motifs is 1. The van der Waals surface area contributed by atoms with Gasteiger partial charge < -0.3 is 0 Å². The maximum atomic E-state index is 10.1. The molecule has 3 unspecified atom stereocenters. The topological polar surface area (TPSA) is 138 Å². The van der Waals surface area contributed by atoms with E-state index in [1.165, 1.54) is 6.34 Å². The van der Waals surface area contributed by atoms with E-state index in [0.29, 0.717) is 16.2 Å². The van der Waals surface area contributed by atoms with Crippen molar-refractivity contribution in [3.8, 4) is 0 Å². The summed E-state index contributed by atoms with van der Waals surface area (Å²) in [6.07, 6.45) is -3.25. The molecule has 0 spiro atoms. The van der Waals surface area contributed by atoms with Crippen molar-refractivity contribution in [1.82, 2.24) is 9.55 Å². The van der Waals surface area contributed by atoms with Crippen LogP contribution in [0.5, 0.6) is 0 Å². The van der Waals surface area contributed by atoms with Crippen LogP contribution in [0.4, 0.5) is 5.82 Å². The Labute approximate surface area is 122 Å². The number of ether oxygens (including phenoxy) is 1. The first-order chi connectivity index (χ1) is 9.54. The second kappa shape index (κ2) is 5.08. The van der Waals surface area contributed by atoms with Crippen LogP contribution in [0.15, 0.2) is 4.99 Å². The van der Waals surface area contributed by atoms with Gasteiger partial charge in [0, 0.05) is 0 Å². The molecule has 3 rings (SSSR count). The zero-order chi connectivity index (χ0) is 14.4. The third-order valence-electron chi connectivity index (χ3n) is 3.39. The molecule has 1 fully saturated rings. The van der Waals surface area contributed by atoms with Crippen LogP contribution in [0.2, 0.25) is 0 Å². The minimum atomic E-state index is -1.19. The van der Waals surface area contributed by atoms with Gasteiger partial charge in [0.15, 0.2) is 0 Å². The number of nitrogens with one attached hydrogen (secondary N) is 1. The van der Waals surface area contributed by atoms with Crippen LogP contribution in [0.3, 0.4) is 0 Å². The summed E-state index contributed by atoms with van der Waals surface area (Å²) >= 11 is 2.76. The number of aliphatic imine (C=N–C) groups is 1. The zero-order valence-electron chi connectivity index (χ0n) is 10.2. The fraction of sp³-hybridized carbons (Fsp3) is 0.600. The fourth-order valence-corrected chi connectivity index (χ4v) is 2.97. The van der Waals surface area contributed by atoms with Crippen LogP contribution >= 0.6 is 0 Å². The van der Waals surface area contributed by atoms with Gasteiger partial charge in [-0.3, -0.25) is 0 Å². The molecule has 3 heterocycles. The standard InChI is InChI=1S/C10H14N5O4Se/c11-7-4-8(13-2-12-7)15(10(20)14-4)9-6(18)5(17)3(1-16)19-9/h2-3,5-7,9,16-18H,1,11H2,(H,12,13)/t3-,5?,6?,7?,9-/m1/s1. The van der Waals surface area contributed by atoms with Crippen LogP contribution in [0, 0.1) is 0 Å². The molecule has 2 aliphatic heterocycles. The quantitative estimate of drug-likeness (QED) is 0.353. The number of hydrogen-bond acceptors (Lipinski definition) is 8. The number of aromatic nitrogens is 2. The van der Waals surface area contributed by atoms with Gasteiger partial charge in [-0.15, -0.1) is 0 Å². The third kappa shape index (κ3) is 1.97. The van der Waals surface area contributed by atoms with Crippen molar-refractivity contribution in [1.29, 1.82) is 0 Å². The number of imidazole rings is 1. The van der Waals surface area contributed by atoms with Crippen LogP contribution in [-0.4, -0.2) is 72.1 Å². The Hall–Kier alpha value is -1.00. The number of anilines is 1. The Balaban J connectivity index is 2.00. The van der Waals surface area contributed by atoms with Crippen LogP contribution in [0.1, 0.15) is 18.1 Å². The Morgan fingerprint density at radius 2 is 2.20 bits per heavy atom. The first-order valence-corrected chi connectivity index (χ1v) is 6.85. The van der Waals surface area contributed by atoms with Gasteiger partial charge >= 0.3 is 122 Å². The summed E-state index contributed by atoms with van der Waals surface area (Å²) in [6.45, 7) is -0.386. The van der Waals surface area contributed by atoms with Gasteiger partial charge in [-0.2, -0.15) is 0 Å². The van der Waals surface area contributed by atoms with E-state index < -0.39 is 30.7 Å². The van der Waals surface area contributed by atoms with Crippen molar-refractivity contribution in [2.45, 2.75) is 30.7 Å². The molecule has 1 aromatic rings. The number of aliphatic hydroxyl groups excluding tert-OH is 3. The first kappa shape index (κ1) is 14.0. The average molecular weight is 347 g/mol. The van der Waals surface area contributed by atoms with E-state index in [1.807, 2.05) is 0 Å². The Kier molecular flexibility index (Phi) is 3.55. The second-order valence-corrected chi connectivity index (χ2v) is 5.36. The normalized spacial score (nSPS) is 35.9. The zero-order valence-corrected chi connectivity index (χ0v) is 12.0. The summed E-state index contributed by atoms with van der Waals surface area (Å²) in [7, 11) is 0. The molecule has 1 aromatic heterocycles. The second-order valence-electron chi connectivity index (χ2n) is 4.59. The van der Waals surface area contributed by atoms with Crippen molar-refractivity contribution < 1.29 is 20.1 Å². The van der Waals surface area contributed by atoms with Gasteiger partial charge in [0.1, 0.15) is 0 Å². The molecule has 0 saturated carbocycles. The van der Waals surface area contributed by atoms with E-state index in [2.05, 4.69) is 31.3 Å². The van der Waals surface area contributed by atoms with Gasteiger partial charge in [-0.05, 0) is 0 Å². The molecule has 9 nitrogen and oxygen atoms in total. The minimum absolute atomic E-state index is 0.386. The van der Waals surface area contributed by atoms with Gasteiger partial charge in [-0.1, -0.05) is 0 Å². The van der Waals surface area contributed by atoms with E-state index in [4.69, 9.17) is 15.6 Å². The summed E-state index contributed by atoms with van der Waals surface area (Å²) in [4.78, 5) is 8.23. The molecule has 10 heteroatoms. The van der Waals surface area contributed by atoms with E-state index in [-0.39, 0.29) is 6.61 Å². The Morgan fingerprint density at radius 1 is 1.45 bits per heavy atom. The van der Waals surface area contributed by atoms with Crippen molar-refractivity contribution in [3.63, 3.8) is 0 Å². The number of rotatable bonds is 2. The number of hydrogen-bond donors (Lipinski definition) is 5. The van der Waals surface area contributed by atoms with E-state index >= 15 is 0 Å². The van der Waals surface area contributed by atoms with Gasteiger partial charge in [0.2, 0.25) is 0 Å². The predicted octanol–water partition coefficient (Wildman–Crippen LogP) is -3.30. The molecule has 109 valence electrons. The average Bonchev–Trinajstić information content (AvgIpc) is 2.90. The summed E-state index contributed by atoms with van der Waals surface area (Å²) in [5.41, 5.74) is 6.34. The molecule has 20 heavy (non-hydrogen) atoms. The molecule has 1 saturated heterocycles. The van der Waals surface area contributed by atoms with Gasteiger partial charge in [0.05, 0.1) is 0 Å². The maximum absolute atomic E-state index is 10.1. The summed E-state index contributed by atoms with van der Waals surface area (Å²) in [5.74, 6) is 0.538. The van der Waals surface area contributed by atoms with Crippen LogP contribution in [0.25, 0.3) is 0 Å². The first-order valence-electron chi connectivity index (χ1n) is 6.00. The van der Waals surface area contributed by atoms with Crippen LogP contribution < -0.4 is 15.8 Å². The molecular formula is C10H14N5O4Se. The molecular weight excluding hydrogens is 333 g/mol. The SMILES string of the molecule is NC1N=CNc2c1nc([Se])n2[C@@H]1O[C@H](CO)C(O)C1O. The Morgan fingerprint density at radius 3 is 2.85 bits per heavy atom. The molecule has 0 bridgehead atoms.